The molecule has 0 saturated carbocycles. The van der Waals surface area contributed by atoms with E-state index in [1.54, 1.807) is 15.8 Å². The number of urea groups is 1. The van der Waals surface area contributed by atoms with Crippen LogP contribution < -0.4 is 15.8 Å². The van der Waals surface area contributed by atoms with Gasteiger partial charge < -0.3 is 9.80 Å². The Morgan fingerprint density at radius 3 is 2.60 bits per heavy atom. The van der Waals surface area contributed by atoms with E-state index in [0.29, 0.717) is 32.1 Å². The van der Waals surface area contributed by atoms with Gasteiger partial charge in [0, 0.05) is 38.3 Å². The minimum atomic E-state index is -0.236. The number of H-pyrrole nitrogens is 1. The lowest BCUT2D eigenvalue weighted by molar-refractivity contribution is 0.208. The van der Waals surface area contributed by atoms with Crippen LogP contribution in [0.3, 0.4) is 0 Å². The number of rotatable bonds is 3. The predicted octanol–water partition coefficient (Wildman–Crippen LogP) is 0.605. The molecule has 0 spiro atoms. The van der Waals surface area contributed by atoms with Crippen LogP contribution in [0.1, 0.15) is 25.7 Å². The van der Waals surface area contributed by atoms with E-state index in [0.717, 1.165) is 11.5 Å². The van der Waals surface area contributed by atoms with Gasteiger partial charge in [0.05, 0.1) is 11.9 Å². The predicted molar refractivity (Wildman–Crippen MR) is 92.8 cm³/mol. The summed E-state index contributed by atoms with van der Waals surface area (Å²) >= 11 is 0. The van der Waals surface area contributed by atoms with Crippen molar-refractivity contribution in [3.05, 3.63) is 28.4 Å². The molecule has 2 amide bonds. The molecule has 10 nitrogen and oxygen atoms in total. The minimum Gasteiger partial charge on any atom is -0.367 e. The lowest BCUT2D eigenvalue weighted by atomic mass is 10.3. The van der Waals surface area contributed by atoms with Gasteiger partial charge in [-0.15, -0.1) is 5.10 Å². The van der Waals surface area contributed by atoms with E-state index in [-0.39, 0.29) is 17.6 Å². The van der Waals surface area contributed by atoms with Crippen molar-refractivity contribution in [2.45, 2.75) is 26.8 Å². The van der Waals surface area contributed by atoms with Gasteiger partial charge in [0.25, 0.3) is 5.56 Å². The molecule has 10 heteroatoms. The van der Waals surface area contributed by atoms with Crippen LogP contribution in [0, 0.1) is 6.92 Å². The third-order valence-electron chi connectivity index (χ3n) is 4.09. The Balaban J connectivity index is 1.58. The first kappa shape index (κ1) is 16.9. The van der Waals surface area contributed by atoms with Gasteiger partial charge in [-0.05, 0) is 20.8 Å². The summed E-state index contributed by atoms with van der Waals surface area (Å²) in [6.45, 7) is 8.23. The fourth-order valence-electron chi connectivity index (χ4n) is 2.82. The van der Waals surface area contributed by atoms with Crippen molar-refractivity contribution in [2.24, 2.45) is 0 Å². The highest BCUT2D eigenvalue weighted by Gasteiger charge is 2.23. The topological polar surface area (TPSA) is 112 Å². The van der Waals surface area contributed by atoms with Gasteiger partial charge in [0.1, 0.15) is 5.82 Å². The molecular formula is C15H22N8O2. The number of aromatic amines is 1. The van der Waals surface area contributed by atoms with Crippen LogP contribution in [0.4, 0.5) is 16.4 Å². The molecule has 134 valence electrons. The Hall–Kier alpha value is -2.91. The maximum Gasteiger partial charge on any atom is 0.324 e. The highest BCUT2D eigenvalue weighted by molar-refractivity contribution is 5.87. The van der Waals surface area contributed by atoms with E-state index in [4.69, 9.17) is 0 Å². The van der Waals surface area contributed by atoms with Crippen molar-refractivity contribution in [2.75, 3.05) is 36.4 Å². The third-order valence-corrected chi connectivity index (χ3v) is 4.09. The van der Waals surface area contributed by atoms with E-state index < -0.39 is 0 Å². The van der Waals surface area contributed by atoms with Crippen LogP contribution in [0.15, 0.2) is 17.1 Å². The lowest BCUT2D eigenvalue weighted by Crippen LogP contribution is -2.50. The zero-order chi connectivity index (χ0) is 18.0. The second kappa shape index (κ2) is 6.91. The minimum absolute atomic E-state index is 0.185. The first-order valence-electron chi connectivity index (χ1n) is 8.23. The summed E-state index contributed by atoms with van der Waals surface area (Å²) in [4.78, 5) is 31.8. The number of aromatic nitrogens is 5. The van der Waals surface area contributed by atoms with Gasteiger partial charge in [-0.25, -0.2) is 14.6 Å². The number of hydrogen-bond acceptors (Lipinski definition) is 6. The molecule has 1 aliphatic rings. The molecule has 2 aromatic rings. The number of nitrogens with zero attached hydrogens (tertiary/aromatic N) is 6. The van der Waals surface area contributed by atoms with Crippen molar-refractivity contribution >= 4 is 17.7 Å². The first-order valence-corrected chi connectivity index (χ1v) is 8.23. The van der Waals surface area contributed by atoms with Crippen LogP contribution in [0.25, 0.3) is 0 Å². The lowest BCUT2D eigenvalue weighted by Gasteiger charge is -2.35. The van der Waals surface area contributed by atoms with Crippen molar-refractivity contribution < 1.29 is 4.79 Å². The van der Waals surface area contributed by atoms with Crippen LogP contribution in [-0.2, 0) is 0 Å². The van der Waals surface area contributed by atoms with E-state index >= 15 is 0 Å². The van der Waals surface area contributed by atoms with Crippen LogP contribution in [0.5, 0.6) is 0 Å². The van der Waals surface area contributed by atoms with Crippen molar-refractivity contribution in [1.82, 2.24) is 29.9 Å². The fraction of sp³-hybridized carbons (Fsp3) is 0.533. The molecule has 0 atom stereocenters. The average Bonchev–Trinajstić information content (AvgIpc) is 2.95. The van der Waals surface area contributed by atoms with Crippen LogP contribution in [0.2, 0.25) is 0 Å². The molecule has 0 aromatic carbocycles. The van der Waals surface area contributed by atoms with Gasteiger partial charge in [0.2, 0.25) is 5.95 Å². The van der Waals surface area contributed by atoms with Crippen molar-refractivity contribution in [3.63, 3.8) is 0 Å². The number of anilines is 2. The fourth-order valence-corrected chi connectivity index (χ4v) is 2.82. The SMILES string of the molecule is Cc1nc(NC(=O)N2CCN(c3cn[nH]c(=O)c3)CC2)nn1C(C)C. The summed E-state index contributed by atoms with van der Waals surface area (Å²) in [7, 11) is 0. The molecule has 0 aliphatic carbocycles. The zero-order valence-corrected chi connectivity index (χ0v) is 14.6. The van der Waals surface area contributed by atoms with E-state index in [2.05, 4.69) is 25.6 Å². The summed E-state index contributed by atoms with van der Waals surface area (Å²) in [5, 5.41) is 13.2. The molecule has 0 bridgehead atoms. The molecule has 3 rings (SSSR count). The van der Waals surface area contributed by atoms with Gasteiger partial charge in [-0.3, -0.25) is 10.1 Å². The number of hydrogen-bond donors (Lipinski definition) is 2. The van der Waals surface area contributed by atoms with E-state index in [1.807, 2.05) is 25.7 Å². The monoisotopic (exact) mass is 346 g/mol. The number of piperazine rings is 1. The molecule has 2 N–H and O–H groups in total. The largest absolute Gasteiger partial charge is 0.367 e. The first-order chi connectivity index (χ1) is 11.9. The summed E-state index contributed by atoms with van der Waals surface area (Å²) in [5.74, 6) is 1.08. The molecule has 2 aromatic heterocycles. The highest BCUT2D eigenvalue weighted by atomic mass is 16.2. The summed E-state index contributed by atoms with van der Waals surface area (Å²) < 4.78 is 1.77. The number of nitrogens with one attached hydrogen (secondary N) is 2. The van der Waals surface area contributed by atoms with Crippen molar-refractivity contribution in [3.8, 4) is 0 Å². The second-order valence-electron chi connectivity index (χ2n) is 6.23. The standard InChI is InChI=1S/C15H22N8O2/c1-10(2)23-11(3)17-14(20-23)18-15(25)22-6-4-21(5-7-22)12-8-13(24)19-16-9-12/h8-10H,4-7H2,1-3H3,(H,19,24)(H,18,20,25). The Labute approximate surface area is 144 Å². The van der Waals surface area contributed by atoms with E-state index in [1.165, 1.54) is 6.07 Å². The van der Waals surface area contributed by atoms with Crippen LogP contribution >= 0.6 is 0 Å². The average molecular weight is 346 g/mol. The smallest absolute Gasteiger partial charge is 0.324 e. The summed E-state index contributed by atoms with van der Waals surface area (Å²) in [6, 6.07) is 1.47. The second-order valence-corrected chi connectivity index (χ2v) is 6.23. The maximum absolute atomic E-state index is 12.4. The molecule has 3 heterocycles. The summed E-state index contributed by atoms with van der Waals surface area (Å²) in [6.07, 6.45) is 1.61. The van der Waals surface area contributed by atoms with Gasteiger partial charge in [-0.1, -0.05) is 0 Å². The molecule has 1 fully saturated rings. The zero-order valence-electron chi connectivity index (χ0n) is 14.6. The van der Waals surface area contributed by atoms with Gasteiger partial charge in [-0.2, -0.15) is 10.1 Å². The summed E-state index contributed by atoms with van der Waals surface area (Å²) in [5.41, 5.74) is 0.525. The number of aryl methyl sites for hydroxylation is 1. The van der Waals surface area contributed by atoms with Crippen LogP contribution in [-0.4, -0.2) is 62.1 Å². The van der Waals surface area contributed by atoms with Crippen molar-refractivity contribution in [1.29, 1.82) is 0 Å². The Kier molecular flexibility index (Phi) is 4.68. The van der Waals surface area contributed by atoms with Gasteiger partial charge in [0.15, 0.2) is 0 Å². The molecule has 0 radical (unpaired) electrons. The molecule has 1 saturated heterocycles. The molecule has 1 aliphatic heterocycles. The highest BCUT2D eigenvalue weighted by Crippen LogP contribution is 2.14. The maximum atomic E-state index is 12.4. The third kappa shape index (κ3) is 3.78. The normalized spacial score (nSPS) is 14.9. The number of carbonyl (C=O) groups is 1. The quantitative estimate of drug-likeness (QED) is 0.842. The Bertz CT molecular complexity index is 804. The number of carbonyl (C=O) groups excluding carboxylic acids is 1. The molecule has 25 heavy (non-hydrogen) atoms. The Morgan fingerprint density at radius 1 is 1.28 bits per heavy atom. The Morgan fingerprint density at radius 2 is 2.00 bits per heavy atom. The molecular weight excluding hydrogens is 324 g/mol. The number of amides is 2. The van der Waals surface area contributed by atoms with Gasteiger partial charge >= 0.3 is 6.03 Å². The van der Waals surface area contributed by atoms with E-state index in [9.17, 15) is 9.59 Å². The molecule has 0 unspecified atom stereocenters.